The van der Waals surface area contributed by atoms with E-state index in [2.05, 4.69) is 20.2 Å². The van der Waals surface area contributed by atoms with Crippen molar-refractivity contribution in [1.82, 2.24) is 9.97 Å². The normalized spacial score (nSPS) is 11.3. The molecule has 2 heterocycles. The molecule has 0 radical (unpaired) electrons. The fourth-order valence-corrected chi connectivity index (χ4v) is 3.73. The van der Waals surface area contributed by atoms with Gasteiger partial charge in [-0.25, -0.2) is 4.39 Å². The molecule has 2 aromatic carbocycles. The molecule has 0 aliphatic carbocycles. The predicted molar refractivity (Wildman–Crippen MR) is 106 cm³/mol. The van der Waals surface area contributed by atoms with Crippen LogP contribution in [0.2, 0.25) is 0 Å². The van der Waals surface area contributed by atoms with E-state index in [1.807, 2.05) is 18.2 Å². The van der Waals surface area contributed by atoms with E-state index in [1.165, 1.54) is 24.0 Å². The summed E-state index contributed by atoms with van der Waals surface area (Å²) in [7, 11) is 0. The molecule has 0 saturated carbocycles. The number of nitrogens with one attached hydrogen (secondary N) is 1. The molecule has 2 aromatic heterocycles. The Labute approximate surface area is 163 Å². The number of carbonyl (C=O) groups is 1. The molecular weight excluding hydrogens is 377 g/mol. The van der Waals surface area contributed by atoms with Crippen LogP contribution < -0.4 is 5.73 Å². The molecule has 28 heavy (non-hydrogen) atoms. The smallest absolute Gasteiger partial charge is 0.313 e. The largest absolute Gasteiger partial charge is 0.385 e. The number of benzene rings is 2. The van der Waals surface area contributed by atoms with Gasteiger partial charge in [0.2, 0.25) is 0 Å². The number of hydrogen-bond acceptors (Lipinski definition) is 5. The highest BCUT2D eigenvalue weighted by molar-refractivity contribution is 7.99. The van der Waals surface area contributed by atoms with Crippen LogP contribution in [0.3, 0.4) is 0 Å². The second-order valence-corrected chi connectivity index (χ2v) is 6.90. The van der Waals surface area contributed by atoms with Crippen molar-refractivity contribution in [3.8, 4) is 0 Å². The maximum absolute atomic E-state index is 14.0. The monoisotopic (exact) mass is 391 g/mol. The van der Waals surface area contributed by atoms with Crippen LogP contribution in [0.1, 0.15) is 10.5 Å². The number of anilines is 1. The molecule has 1 amide bonds. The van der Waals surface area contributed by atoms with Gasteiger partial charge in [-0.05, 0) is 30.3 Å². The standard InChI is InChI=1S/C20H14FN5OS/c21-13-7-1-2-9-15(13)28-16-10-5-6-12-17(16)18(22)24-19(12)25-26-20(27)14-8-3-4-11-23-14/h1-11,24H,22H2. The first-order valence-corrected chi connectivity index (χ1v) is 9.15. The quantitative estimate of drug-likeness (QED) is 0.458. The van der Waals surface area contributed by atoms with Crippen LogP contribution in [0.5, 0.6) is 0 Å². The minimum atomic E-state index is -0.557. The topological polar surface area (TPSA) is 96.5 Å². The van der Waals surface area contributed by atoms with Crippen LogP contribution in [0.15, 0.2) is 86.9 Å². The molecule has 8 heteroatoms. The molecular formula is C20H14FN5OS. The summed E-state index contributed by atoms with van der Waals surface area (Å²) in [4.78, 5) is 20.2. The number of nitrogens with zero attached hydrogens (tertiary/aromatic N) is 3. The summed E-state index contributed by atoms with van der Waals surface area (Å²) in [5, 5.41) is 9.13. The SMILES string of the molecule is Nc1[nH]c(N=NC(=O)c2ccccn2)c2cccc(Sc3ccccc3F)c12. The average molecular weight is 391 g/mol. The summed E-state index contributed by atoms with van der Waals surface area (Å²) < 4.78 is 14.0. The second-order valence-electron chi connectivity index (χ2n) is 5.82. The van der Waals surface area contributed by atoms with Gasteiger partial charge in [0.15, 0.2) is 5.82 Å². The predicted octanol–water partition coefficient (Wildman–Crippen LogP) is 5.36. The Morgan fingerprint density at radius 1 is 1.04 bits per heavy atom. The van der Waals surface area contributed by atoms with Gasteiger partial charge in [-0.15, -0.1) is 10.2 Å². The third-order valence-electron chi connectivity index (χ3n) is 3.99. The van der Waals surface area contributed by atoms with E-state index in [9.17, 15) is 9.18 Å². The fraction of sp³-hybridized carbons (Fsp3) is 0. The van der Waals surface area contributed by atoms with Crippen molar-refractivity contribution in [3.05, 3.63) is 78.4 Å². The van der Waals surface area contributed by atoms with Gasteiger partial charge in [0.05, 0.1) is 0 Å². The Bertz CT molecular complexity index is 1190. The van der Waals surface area contributed by atoms with Crippen molar-refractivity contribution in [2.24, 2.45) is 10.2 Å². The van der Waals surface area contributed by atoms with E-state index in [4.69, 9.17) is 5.73 Å². The number of amides is 1. The second kappa shape index (κ2) is 7.61. The zero-order valence-corrected chi connectivity index (χ0v) is 15.3. The molecule has 6 nitrogen and oxygen atoms in total. The Balaban J connectivity index is 1.69. The number of aromatic nitrogens is 2. The van der Waals surface area contributed by atoms with E-state index in [0.717, 1.165) is 4.90 Å². The number of rotatable bonds is 4. The lowest BCUT2D eigenvalue weighted by atomic mass is 10.2. The molecule has 0 atom stereocenters. The van der Waals surface area contributed by atoms with Gasteiger partial charge < -0.3 is 10.7 Å². The van der Waals surface area contributed by atoms with Crippen LogP contribution in [0, 0.1) is 5.82 Å². The van der Waals surface area contributed by atoms with E-state index in [0.29, 0.717) is 27.3 Å². The van der Waals surface area contributed by atoms with Crippen LogP contribution in [0.4, 0.5) is 16.0 Å². The van der Waals surface area contributed by atoms with Crippen LogP contribution in [0.25, 0.3) is 10.8 Å². The lowest BCUT2D eigenvalue weighted by Gasteiger charge is -2.05. The number of halogens is 1. The molecule has 0 fully saturated rings. The maximum Gasteiger partial charge on any atom is 0.313 e. The minimum Gasteiger partial charge on any atom is -0.385 e. The first-order valence-electron chi connectivity index (χ1n) is 8.33. The number of nitrogens with two attached hydrogens (primary N) is 1. The third kappa shape index (κ3) is 3.49. The average Bonchev–Trinajstić information content (AvgIpc) is 3.05. The minimum absolute atomic E-state index is 0.200. The van der Waals surface area contributed by atoms with Gasteiger partial charge in [-0.1, -0.05) is 42.1 Å². The molecule has 0 saturated heterocycles. The number of aromatic amines is 1. The molecule has 4 rings (SSSR count). The number of carbonyl (C=O) groups excluding carboxylic acids is 1. The Morgan fingerprint density at radius 3 is 2.61 bits per heavy atom. The van der Waals surface area contributed by atoms with Crippen molar-refractivity contribution < 1.29 is 9.18 Å². The summed E-state index contributed by atoms with van der Waals surface area (Å²) in [6, 6.07) is 17.0. The molecule has 0 unspecified atom stereocenters. The van der Waals surface area contributed by atoms with Gasteiger partial charge in [0, 0.05) is 26.8 Å². The van der Waals surface area contributed by atoms with Gasteiger partial charge in [-0.3, -0.25) is 9.78 Å². The Kier molecular flexibility index (Phi) is 4.86. The number of azo groups is 1. The lowest BCUT2D eigenvalue weighted by Crippen LogP contribution is -1.96. The number of pyridine rings is 1. The summed E-state index contributed by atoms with van der Waals surface area (Å²) >= 11 is 1.27. The number of hydrogen-bond donors (Lipinski definition) is 2. The van der Waals surface area contributed by atoms with Crippen molar-refractivity contribution in [2.45, 2.75) is 9.79 Å². The van der Waals surface area contributed by atoms with E-state index >= 15 is 0 Å². The molecule has 3 N–H and O–H groups in total. The van der Waals surface area contributed by atoms with Crippen LogP contribution >= 0.6 is 11.8 Å². The first-order chi connectivity index (χ1) is 13.6. The highest BCUT2D eigenvalue weighted by Gasteiger charge is 2.14. The summed E-state index contributed by atoms with van der Waals surface area (Å²) in [5.74, 6) is -0.139. The van der Waals surface area contributed by atoms with Crippen molar-refractivity contribution in [1.29, 1.82) is 0 Å². The Morgan fingerprint density at radius 2 is 1.82 bits per heavy atom. The van der Waals surface area contributed by atoms with Gasteiger partial charge >= 0.3 is 5.91 Å². The number of nitrogen functional groups attached to an aromatic ring is 1. The van der Waals surface area contributed by atoms with Crippen molar-refractivity contribution in [3.63, 3.8) is 0 Å². The van der Waals surface area contributed by atoms with Crippen LogP contribution in [-0.2, 0) is 0 Å². The summed E-state index contributed by atoms with van der Waals surface area (Å²) in [5.41, 5.74) is 6.33. The Hall–Kier alpha value is -3.52. The lowest BCUT2D eigenvalue weighted by molar-refractivity contribution is 0.0990. The molecule has 0 bridgehead atoms. The highest BCUT2D eigenvalue weighted by atomic mass is 32.2. The van der Waals surface area contributed by atoms with Crippen LogP contribution in [-0.4, -0.2) is 15.9 Å². The van der Waals surface area contributed by atoms with Gasteiger partial charge in [0.25, 0.3) is 0 Å². The first kappa shape index (κ1) is 17.9. The van der Waals surface area contributed by atoms with Crippen molar-refractivity contribution in [2.75, 3.05) is 5.73 Å². The number of fused-ring (bicyclic) bond motifs is 1. The molecule has 0 aliphatic heterocycles. The van der Waals surface area contributed by atoms with Gasteiger partial charge in [-0.2, -0.15) is 0 Å². The highest BCUT2D eigenvalue weighted by Crippen LogP contribution is 2.40. The zero-order chi connectivity index (χ0) is 19.5. The number of H-pyrrole nitrogens is 1. The summed E-state index contributed by atoms with van der Waals surface area (Å²) in [6.45, 7) is 0. The third-order valence-corrected chi connectivity index (χ3v) is 5.10. The van der Waals surface area contributed by atoms with E-state index in [1.54, 1.807) is 36.4 Å². The van der Waals surface area contributed by atoms with Gasteiger partial charge in [0.1, 0.15) is 17.3 Å². The fourth-order valence-electron chi connectivity index (χ4n) is 2.71. The molecule has 0 spiro atoms. The molecule has 0 aliphatic rings. The van der Waals surface area contributed by atoms with E-state index < -0.39 is 5.91 Å². The van der Waals surface area contributed by atoms with Crippen molar-refractivity contribution >= 4 is 40.1 Å². The zero-order valence-electron chi connectivity index (χ0n) is 14.5. The summed E-state index contributed by atoms with van der Waals surface area (Å²) in [6.07, 6.45) is 1.51. The maximum atomic E-state index is 14.0. The molecule has 138 valence electrons. The molecule has 4 aromatic rings. The van der Waals surface area contributed by atoms with E-state index in [-0.39, 0.29) is 11.5 Å².